The Morgan fingerprint density at radius 1 is 1.39 bits per heavy atom. The average molecular weight is 248 g/mol. The van der Waals surface area contributed by atoms with Crippen molar-refractivity contribution in [3.63, 3.8) is 0 Å². The van der Waals surface area contributed by atoms with Gasteiger partial charge < -0.3 is 10.2 Å². The van der Waals surface area contributed by atoms with Crippen LogP contribution in [0.1, 0.15) is 31.3 Å². The Bertz CT molecular complexity index is 361. The van der Waals surface area contributed by atoms with Crippen molar-refractivity contribution in [1.82, 2.24) is 20.2 Å². The summed E-state index contributed by atoms with van der Waals surface area (Å²) in [4.78, 5) is 11.1. The lowest BCUT2D eigenvalue weighted by molar-refractivity contribution is 0.282. The number of nitrogens with one attached hydrogen (secondary N) is 1. The third-order valence-electron chi connectivity index (χ3n) is 3.40. The van der Waals surface area contributed by atoms with Gasteiger partial charge in [0.25, 0.3) is 0 Å². The van der Waals surface area contributed by atoms with Crippen LogP contribution >= 0.6 is 0 Å². The molecule has 1 N–H and O–H groups in total. The predicted molar refractivity (Wildman–Crippen MR) is 73.3 cm³/mol. The summed E-state index contributed by atoms with van der Waals surface area (Å²) in [5, 5.41) is 3.49. The number of rotatable bonds is 6. The van der Waals surface area contributed by atoms with Gasteiger partial charge in [0, 0.05) is 19.3 Å². The van der Waals surface area contributed by atoms with Crippen LogP contribution in [0.5, 0.6) is 0 Å². The highest BCUT2D eigenvalue weighted by Gasteiger charge is 2.14. The molecule has 1 saturated heterocycles. The molecule has 2 heterocycles. The molecule has 1 aliphatic heterocycles. The number of nitrogens with zero attached hydrogens (tertiary/aromatic N) is 3. The Morgan fingerprint density at radius 3 is 2.89 bits per heavy atom. The lowest BCUT2D eigenvalue weighted by Gasteiger charge is -2.20. The first kappa shape index (κ1) is 13.4. The van der Waals surface area contributed by atoms with Crippen LogP contribution in [0.4, 0.5) is 0 Å². The first-order chi connectivity index (χ1) is 8.74. The Hall–Kier alpha value is -1.00. The summed E-state index contributed by atoms with van der Waals surface area (Å²) in [6.07, 6.45) is 4.58. The van der Waals surface area contributed by atoms with Crippen molar-refractivity contribution in [2.75, 3.05) is 26.2 Å². The van der Waals surface area contributed by atoms with Crippen LogP contribution in [0, 0.1) is 12.8 Å². The standard InChI is InChI=1S/C14H24N4/c1-12(11-18-7-3-4-8-18)9-15-10-14-5-6-16-13(2)17-14/h5-6,12,15H,3-4,7-11H2,1-2H3. The van der Waals surface area contributed by atoms with E-state index in [-0.39, 0.29) is 0 Å². The minimum Gasteiger partial charge on any atom is -0.311 e. The van der Waals surface area contributed by atoms with Crippen LogP contribution in [0.3, 0.4) is 0 Å². The van der Waals surface area contributed by atoms with E-state index < -0.39 is 0 Å². The van der Waals surface area contributed by atoms with Gasteiger partial charge in [0.1, 0.15) is 5.82 Å². The summed E-state index contributed by atoms with van der Waals surface area (Å²) in [7, 11) is 0. The topological polar surface area (TPSA) is 41.1 Å². The summed E-state index contributed by atoms with van der Waals surface area (Å²) in [6.45, 7) is 9.93. The molecule has 1 aromatic rings. The third-order valence-corrected chi connectivity index (χ3v) is 3.40. The summed E-state index contributed by atoms with van der Waals surface area (Å²) >= 11 is 0. The summed E-state index contributed by atoms with van der Waals surface area (Å²) in [5.41, 5.74) is 1.08. The summed E-state index contributed by atoms with van der Waals surface area (Å²) < 4.78 is 0. The molecule has 1 unspecified atom stereocenters. The zero-order valence-electron chi connectivity index (χ0n) is 11.5. The maximum absolute atomic E-state index is 4.39. The Balaban J connectivity index is 1.65. The first-order valence-electron chi connectivity index (χ1n) is 6.95. The van der Waals surface area contributed by atoms with Crippen molar-refractivity contribution in [2.45, 2.75) is 33.2 Å². The number of hydrogen-bond donors (Lipinski definition) is 1. The van der Waals surface area contributed by atoms with Crippen molar-refractivity contribution in [2.24, 2.45) is 5.92 Å². The van der Waals surface area contributed by atoms with Gasteiger partial charge >= 0.3 is 0 Å². The van der Waals surface area contributed by atoms with Crippen LogP contribution in [-0.4, -0.2) is 41.0 Å². The zero-order valence-corrected chi connectivity index (χ0v) is 11.5. The highest BCUT2D eigenvalue weighted by Crippen LogP contribution is 2.09. The van der Waals surface area contributed by atoms with Crippen LogP contribution in [0.2, 0.25) is 0 Å². The minimum absolute atomic E-state index is 0.700. The van der Waals surface area contributed by atoms with Crippen molar-refractivity contribution in [3.8, 4) is 0 Å². The molecule has 0 saturated carbocycles. The fourth-order valence-corrected chi connectivity index (χ4v) is 2.52. The molecule has 18 heavy (non-hydrogen) atoms. The number of aromatic nitrogens is 2. The van der Waals surface area contributed by atoms with Gasteiger partial charge in [0.05, 0.1) is 5.69 Å². The molecule has 1 atom stereocenters. The van der Waals surface area contributed by atoms with Crippen LogP contribution in [0.25, 0.3) is 0 Å². The van der Waals surface area contributed by atoms with E-state index in [1.807, 2.05) is 19.2 Å². The lowest BCUT2D eigenvalue weighted by Crippen LogP contribution is -2.31. The molecule has 1 aliphatic rings. The lowest BCUT2D eigenvalue weighted by atomic mass is 10.1. The van der Waals surface area contributed by atoms with Crippen molar-refractivity contribution < 1.29 is 0 Å². The summed E-state index contributed by atoms with van der Waals surface area (Å²) in [5.74, 6) is 1.55. The van der Waals surface area contributed by atoms with Crippen molar-refractivity contribution in [1.29, 1.82) is 0 Å². The van der Waals surface area contributed by atoms with E-state index in [0.29, 0.717) is 5.92 Å². The molecule has 0 radical (unpaired) electrons. The van der Waals surface area contributed by atoms with Crippen LogP contribution in [-0.2, 0) is 6.54 Å². The minimum atomic E-state index is 0.700. The molecule has 0 spiro atoms. The molecule has 0 amide bonds. The van der Waals surface area contributed by atoms with Gasteiger partial charge in [-0.05, 0) is 51.4 Å². The van der Waals surface area contributed by atoms with Gasteiger partial charge in [-0.15, -0.1) is 0 Å². The van der Waals surface area contributed by atoms with E-state index in [9.17, 15) is 0 Å². The molecule has 2 rings (SSSR count). The molecule has 1 aromatic heterocycles. The molecule has 1 fully saturated rings. The maximum atomic E-state index is 4.39. The van der Waals surface area contributed by atoms with Crippen LogP contribution < -0.4 is 5.32 Å². The van der Waals surface area contributed by atoms with Gasteiger partial charge in [0.15, 0.2) is 0 Å². The quantitative estimate of drug-likeness (QED) is 0.830. The highest BCUT2D eigenvalue weighted by molar-refractivity contribution is 5.00. The predicted octanol–water partition coefficient (Wildman–Crippen LogP) is 1.61. The SMILES string of the molecule is Cc1nccc(CNCC(C)CN2CCCC2)n1. The fraction of sp³-hybridized carbons (Fsp3) is 0.714. The van der Waals surface area contributed by atoms with E-state index in [1.54, 1.807) is 0 Å². The normalized spacial score (nSPS) is 18.1. The third kappa shape index (κ3) is 4.35. The molecular weight excluding hydrogens is 224 g/mol. The smallest absolute Gasteiger partial charge is 0.125 e. The Morgan fingerprint density at radius 2 is 2.17 bits per heavy atom. The Kier molecular flexibility index (Phi) is 5.08. The number of aryl methyl sites for hydroxylation is 1. The highest BCUT2D eigenvalue weighted by atomic mass is 15.1. The van der Waals surface area contributed by atoms with Gasteiger partial charge in [-0.25, -0.2) is 9.97 Å². The number of hydrogen-bond acceptors (Lipinski definition) is 4. The molecule has 0 aliphatic carbocycles. The molecule has 4 nitrogen and oxygen atoms in total. The van der Waals surface area contributed by atoms with Crippen LogP contribution in [0.15, 0.2) is 12.3 Å². The average Bonchev–Trinajstić information content (AvgIpc) is 2.82. The fourth-order valence-electron chi connectivity index (χ4n) is 2.52. The van der Waals surface area contributed by atoms with E-state index in [2.05, 4.69) is 27.1 Å². The first-order valence-corrected chi connectivity index (χ1v) is 6.95. The van der Waals surface area contributed by atoms with Gasteiger partial charge in [-0.2, -0.15) is 0 Å². The molecule has 0 aromatic carbocycles. The molecule has 4 heteroatoms. The number of likely N-dealkylation sites (tertiary alicyclic amines) is 1. The Labute approximate surface area is 110 Å². The van der Waals surface area contributed by atoms with Gasteiger partial charge in [0.2, 0.25) is 0 Å². The van der Waals surface area contributed by atoms with Crippen molar-refractivity contribution >= 4 is 0 Å². The van der Waals surface area contributed by atoms with Crippen molar-refractivity contribution in [3.05, 3.63) is 23.8 Å². The van der Waals surface area contributed by atoms with E-state index >= 15 is 0 Å². The molecular formula is C14H24N4. The molecule has 100 valence electrons. The second kappa shape index (κ2) is 6.81. The second-order valence-electron chi connectivity index (χ2n) is 5.34. The maximum Gasteiger partial charge on any atom is 0.125 e. The second-order valence-corrected chi connectivity index (χ2v) is 5.34. The van der Waals surface area contributed by atoms with E-state index in [0.717, 1.165) is 24.6 Å². The largest absolute Gasteiger partial charge is 0.311 e. The van der Waals surface area contributed by atoms with Gasteiger partial charge in [-0.3, -0.25) is 0 Å². The van der Waals surface area contributed by atoms with E-state index in [4.69, 9.17) is 0 Å². The zero-order chi connectivity index (χ0) is 12.8. The van der Waals surface area contributed by atoms with Gasteiger partial charge in [-0.1, -0.05) is 6.92 Å². The monoisotopic (exact) mass is 248 g/mol. The van der Waals surface area contributed by atoms with E-state index in [1.165, 1.54) is 32.5 Å². The molecule has 0 bridgehead atoms. The summed E-state index contributed by atoms with van der Waals surface area (Å²) in [6, 6.07) is 1.98.